The number of rotatable bonds is 14. The number of carbonyl (C=O) groups excluding carboxylic acids is 2. The summed E-state index contributed by atoms with van der Waals surface area (Å²) in [4.78, 5) is 59.1. The van der Waals surface area contributed by atoms with E-state index in [4.69, 9.17) is 4.98 Å². The number of carbonyl (C=O) groups is 2. The molecule has 9 aromatic heterocycles. The van der Waals surface area contributed by atoms with Crippen LogP contribution >= 0.6 is 0 Å². The van der Waals surface area contributed by atoms with Gasteiger partial charge in [-0.15, -0.1) is 0 Å². The summed E-state index contributed by atoms with van der Waals surface area (Å²) in [7, 11) is 3.75. The summed E-state index contributed by atoms with van der Waals surface area (Å²) < 4.78 is 7.38. The van der Waals surface area contributed by atoms with Crippen molar-refractivity contribution in [1.82, 2.24) is 68.6 Å². The van der Waals surface area contributed by atoms with E-state index in [1.54, 1.807) is 46.8 Å². The van der Waals surface area contributed by atoms with E-state index in [1.807, 2.05) is 153 Å². The molecule has 3 aromatic carbocycles. The number of fused-ring (bicyclic) bond motifs is 2. The summed E-state index contributed by atoms with van der Waals surface area (Å²) in [5, 5.41) is 10.2. The van der Waals surface area contributed by atoms with Crippen LogP contribution in [0.1, 0.15) is 33.9 Å². The van der Waals surface area contributed by atoms with Crippen LogP contribution in [-0.4, -0.2) is 80.1 Å². The van der Waals surface area contributed by atoms with E-state index < -0.39 is 0 Å². The lowest BCUT2D eigenvalue weighted by Gasteiger charge is -2.04. The fourth-order valence-corrected chi connectivity index (χ4v) is 9.04. The third kappa shape index (κ3) is 10.1. The maximum Gasteiger partial charge on any atom is 0.166 e. The van der Waals surface area contributed by atoms with Gasteiger partial charge in [-0.05, 0) is 73.0 Å². The van der Waals surface area contributed by atoms with E-state index in [0.717, 1.165) is 113 Å². The van der Waals surface area contributed by atoms with E-state index in [-0.39, 0.29) is 11.6 Å². The molecule has 9 heterocycles. The highest BCUT2D eigenvalue weighted by Gasteiger charge is 2.17. The van der Waals surface area contributed by atoms with Crippen LogP contribution in [0.15, 0.2) is 171 Å². The predicted octanol–water partition coefficient (Wildman–Crippen LogP) is 9.75. The van der Waals surface area contributed by atoms with Crippen molar-refractivity contribution in [2.24, 2.45) is 14.1 Å². The average Bonchev–Trinajstić information content (AvgIpc) is 4.30. The Morgan fingerprint density at radius 2 is 1.05 bits per heavy atom. The molecule has 0 fully saturated rings. The lowest BCUT2D eigenvalue weighted by Crippen LogP contribution is -2.10. The highest BCUT2D eigenvalue weighted by atomic mass is 16.1. The molecule has 0 spiro atoms. The van der Waals surface area contributed by atoms with Gasteiger partial charge in [0.2, 0.25) is 0 Å². The predicted molar refractivity (Wildman–Crippen MR) is 284 cm³/mol. The Kier molecular flexibility index (Phi) is 12.7. The lowest BCUT2D eigenvalue weighted by molar-refractivity contribution is -0.118. The van der Waals surface area contributed by atoms with Crippen LogP contribution in [0.5, 0.6) is 0 Å². The first kappa shape index (κ1) is 46.7. The third-order valence-corrected chi connectivity index (χ3v) is 12.9. The van der Waals surface area contributed by atoms with Gasteiger partial charge >= 0.3 is 0 Å². The molecule has 364 valence electrons. The Hall–Kier alpha value is -9.70. The summed E-state index contributed by atoms with van der Waals surface area (Å²) in [5.74, 6) is 2.61. The minimum Gasteiger partial charge on any atom is -0.354 e. The van der Waals surface area contributed by atoms with E-state index in [2.05, 4.69) is 63.3 Å². The number of pyridine rings is 3. The molecular weight excluding hydrogens is 925 g/mol. The Morgan fingerprint density at radius 3 is 1.64 bits per heavy atom. The van der Waals surface area contributed by atoms with Crippen molar-refractivity contribution in [3.8, 4) is 56.8 Å². The number of nitrogens with one attached hydrogen (secondary N) is 2. The molecule has 0 saturated heterocycles. The number of imidazole rings is 3. The van der Waals surface area contributed by atoms with Gasteiger partial charge < -0.3 is 9.97 Å². The minimum atomic E-state index is 0.132. The average molecular weight is 975 g/mol. The zero-order chi connectivity index (χ0) is 50.7. The highest BCUT2D eigenvalue weighted by molar-refractivity contribution is 5.91. The van der Waals surface area contributed by atoms with Crippen molar-refractivity contribution in [2.75, 3.05) is 0 Å². The fraction of sp³-hybridized carbons (Fsp3) is 0.138. The summed E-state index contributed by atoms with van der Waals surface area (Å²) in [6, 6.07) is 39.9. The zero-order valence-corrected chi connectivity index (χ0v) is 41.2. The number of hydrogen-bond donors (Lipinski definition) is 2. The molecule has 0 aliphatic carbocycles. The van der Waals surface area contributed by atoms with Gasteiger partial charge in [0, 0.05) is 116 Å². The minimum absolute atomic E-state index is 0.132. The molecule has 74 heavy (non-hydrogen) atoms. The molecule has 16 nitrogen and oxygen atoms in total. The maximum atomic E-state index is 12.9. The Morgan fingerprint density at radius 1 is 0.514 bits per heavy atom. The molecule has 0 aliphatic rings. The van der Waals surface area contributed by atoms with Gasteiger partial charge in [-0.25, -0.2) is 24.9 Å². The van der Waals surface area contributed by atoms with Crippen molar-refractivity contribution < 1.29 is 9.59 Å². The van der Waals surface area contributed by atoms with Gasteiger partial charge in [-0.1, -0.05) is 78.9 Å². The van der Waals surface area contributed by atoms with Gasteiger partial charge in [-0.3, -0.25) is 33.1 Å². The van der Waals surface area contributed by atoms with Gasteiger partial charge in [0.1, 0.15) is 41.4 Å². The number of aromatic nitrogens is 14. The molecule has 0 radical (unpaired) electrons. The van der Waals surface area contributed by atoms with E-state index in [9.17, 15) is 9.59 Å². The number of aromatic amines is 2. The van der Waals surface area contributed by atoms with Crippen molar-refractivity contribution in [3.05, 3.63) is 205 Å². The number of hydrogen-bond acceptors (Lipinski definition) is 10. The first-order valence-corrected chi connectivity index (χ1v) is 24.1. The van der Waals surface area contributed by atoms with Crippen LogP contribution in [0.2, 0.25) is 0 Å². The quantitative estimate of drug-likeness (QED) is 0.106. The molecule has 0 atom stereocenters. The number of aryl methyl sites for hydroxylation is 4. The lowest BCUT2D eigenvalue weighted by atomic mass is 10.0. The van der Waals surface area contributed by atoms with Gasteiger partial charge in [0.05, 0.1) is 33.8 Å². The SMILES string of the molecule is Cc1cn(-c2nccc3[nH]c(-c4ccc(CC(=O)Cc5cc(-c6ccccc6)nn5C)cc4)cc23)cn1.Cc1cn(-c2nccc3[nH]c(-c4ccc(CC(=O)Cc5cc(-c6ccncc6)nn5C)cc4)nc23)cn1. The second kappa shape index (κ2) is 20.2. The molecule has 0 saturated carbocycles. The van der Waals surface area contributed by atoms with Crippen molar-refractivity contribution in [2.45, 2.75) is 39.5 Å². The maximum absolute atomic E-state index is 12.9. The smallest absolute Gasteiger partial charge is 0.166 e. The van der Waals surface area contributed by atoms with Crippen LogP contribution in [0, 0.1) is 13.8 Å². The van der Waals surface area contributed by atoms with Gasteiger partial charge in [0.15, 0.2) is 5.82 Å². The van der Waals surface area contributed by atoms with E-state index in [1.165, 1.54) is 0 Å². The molecular formula is C58H50N14O2. The van der Waals surface area contributed by atoms with Gasteiger partial charge in [0.25, 0.3) is 0 Å². The monoisotopic (exact) mass is 974 g/mol. The fourth-order valence-electron chi connectivity index (χ4n) is 9.04. The molecule has 0 unspecified atom stereocenters. The summed E-state index contributed by atoms with van der Waals surface area (Å²) in [5.41, 5.74) is 15.0. The van der Waals surface area contributed by atoms with Crippen molar-refractivity contribution in [3.63, 3.8) is 0 Å². The zero-order valence-electron chi connectivity index (χ0n) is 41.2. The number of ketones is 2. The number of nitrogens with zero attached hydrogens (tertiary/aromatic N) is 12. The third-order valence-electron chi connectivity index (χ3n) is 12.9. The van der Waals surface area contributed by atoms with E-state index in [0.29, 0.717) is 25.7 Å². The van der Waals surface area contributed by atoms with E-state index >= 15 is 0 Å². The Bertz CT molecular complexity index is 3670. The number of benzene rings is 3. The van der Waals surface area contributed by atoms with Crippen LogP contribution in [0.25, 0.3) is 78.7 Å². The molecule has 2 N–H and O–H groups in total. The Balaban J connectivity index is 0.000000159. The number of Topliss-reactive ketones (excluding diaryl/α,β-unsaturated/α-hetero) is 2. The second-order valence-electron chi connectivity index (χ2n) is 18.3. The molecule has 0 bridgehead atoms. The van der Waals surface area contributed by atoms with Crippen LogP contribution < -0.4 is 0 Å². The summed E-state index contributed by atoms with van der Waals surface area (Å²) in [6.07, 6.45) is 15.8. The molecule has 12 rings (SSSR count). The highest BCUT2D eigenvalue weighted by Crippen LogP contribution is 2.29. The molecule has 12 aromatic rings. The summed E-state index contributed by atoms with van der Waals surface area (Å²) >= 11 is 0. The Labute approximate surface area is 425 Å². The summed E-state index contributed by atoms with van der Waals surface area (Å²) in [6.45, 7) is 3.90. The van der Waals surface area contributed by atoms with Crippen LogP contribution in [0.4, 0.5) is 0 Å². The van der Waals surface area contributed by atoms with Crippen LogP contribution in [0.3, 0.4) is 0 Å². The van der Waals surface area contributed by atoms with Gasteiger partial charge in [-0.2, -0.15) is 10.2 Å². The number of H-pyrrole nitrogens is 2. The first-order valence-electron chi connectivity index (χ1n) is 24.1. The normalized spacial score (nSPS) is 11.3. The molecule has 0 amide bonds. The van der Waals surface area contributed by atoms with Crippen molar-refractivity contribution in [1.29, 1.82) is 0 Å². The standard InChI is InChI=1S/C30H26N6O.C28H24N8O/c1-20-18-36(19-32-20)30-26-17-28(33-27(26)12-13-31-30)23-10-8-21(9-11-23)14-25(37)15-24-16-29(34-35(24)2)22-6-4-3-5-7-22;1-18-16-36(17-31-18)28-26-24(9-12-30-28)32-27(33-26)21-5-3-19(4-6-21)13-23(37)14-22-15-25(34-35(22)2)20-7-10-29-11-8-20/h3-13,16-19,33H,14-15H2,1-2H3;3-12,15-17H,13-14H2,1-2H3,(H,32,33). The second-order valence-corrected chi connectivity index (χ2v) is 18.3. The first-order chi connectivity index (χ1) is 36.1. The van der Waals surface area contributed by atoms with Crippen LogP contribution in [-0.2, 0) is 49.4 Å². The molecule has 0 aliphatic heterocycles. The topological polar surface area (TPSA) is 189 Å². The van der Waals surface area contributed by atoms with Crippen molar-refractivity contribution >= 4 is 33.5 Å². The molecule has 16 heteroatoms. The largest absolute Gasteiger partial charge is 0.354 e.